The Morgan fingerprint density at radius 2 is 2.19 bits per heavy atom. The molecule has 0 spiro atoms. The van der Waals surface area contributed by atoms with Crippen LogP contribution in [-0.2, 0) is 10.0 Å². The van der Waals surface area contributed by atoms with Crippen LogP contribution in [0.15, 0.2) is 34.7 Å². The number of thiazole rings is 1. The Labute approximate surface area is 131 Å². The number of aromatic nitrogens is 1. The van der Waals surface area contributed by atoms with Crippen molar-refractivity contribution >= 4 is 44.6 Å². The van der Waals surface area contributed by atoms with Crippen LogP contribution in [0.5, 0.6) is 0 Å². The average molecular weight is 346 g/mol. The summed E-state index contributed by atoms with van der Waals surface area (Å²) in [5.74, 6) is -0.264. The van der Waals surface area contributed by atoms with Gasteiger partial charge < -0.3 is 5.32 Å². The summed E-state index contributed by atoms with van der Waals surface area (Å²) in [5, 5.41) is 2.65. The topological polar surface area (TPSA) is 88.2 Å². The normalized spacial score (nSPS) is 11.1. The zero-order chi connectivity index (χ0) is 15.5. The highest BCUT2D eigenvalue weighted by molar-refractivity contribution is 7.94. The summed E-state index contributed by atoms with van der Waals surface area (Å²) in [6.45, 7) is 2.30. The summed E-state index contributed by atoms with van der Waals surface area (Å²) >= 11 is 6.49. The van der Waals surface area contributed by atoms with Crippen molar-refractivity contribution in [2.75, 3.05) is 11.3 Å². The highest BCUT2D eigenvalue weighted by atomic mass is 35.5. The number of nitrogens with zero attached hydrogens (tertiary/aromatic N) is 1. The number of nitrogens with one attached hydrogen (secondary N) is 2. The molecule has 0 radical (unpaired) electrons. The van der Waals surface area contributed by atoms with E-state index in [9.17, 15) is 13.2 Å². The van der Waals surface area contributed by atoms with Crippen LogP contribution in [0.25, 0.3) is 0 Å². The predicted octanol–water partition coefficient (Wildman–Crippen LogP) is 2.35. The van der Waals surface area contributed by atoms with E-state index in [1.807, 2.05) is 0 Å². The molecule has 2 N–H and O–H groups in total. The molecule has 2 rings (SSSR count). The van der Waals surface area contributed by atoms with E-state index in [0.717, 1.165) is 11.3 Å². The number of carbonyl (C=O) groups excluding carboxylic acids is 1. The molecule has 112 valence electrons. The molecule has 0 atom stereocenters. The number of carbonyl (C=O) groups is 1. The summed E-state index contributed by atoms with van der Waals surface area (Å²) < 4.78 is 26.8. The van der Waals surface area contributed by atoms with Crippen LogP contribution in [0.2, 0.25) is 4.47 Å². The van der Waals surface area contributed by atoms with Gasteiger partial charge in [-0.3, -0.25) is 9.52 Å². The first kappa shape index (κ1) is 15.7. The first-order chi connectivity index (χ1) is 9.92. The molecule has 0 aliphatic heterocycles. The second-order valence-corrected chi connectivity index (χ2v) is 7.50. The Balaban J connectivity index is 2.24. The Morgan fingerprint density at radius 3 is 2.81 bits per heavy atom. The van der Waals surface area contributed by atoms with Crippen molar-refractivity contribution in [3.05, 3.63) is 40.5 Å². The van der Waals surface area contributed by atoms with Crippen LogP contribution in [0.3, 0.4) is 0 Å². The number of benzene rings is 1. The second kappa shape index (κ2) is 6.42. The van der Waals surface area contributed by atoms with Gasteiger partial charge in [0.25, 0.3) is 15.9 Å². The lowest BCUT2D eigenvalue weighted by molar-refractivity contribution is 0.0956. The smallest absolute Gasteiger partial charge is 0.273 e. The highest BCUT2D eigenvalue weighted by Crippen LogP contribution is 2.24. The molecule has 0 bridgehead atoms. The third kappa shape index (κ3) is 3.93. The molecule has 1 amide bonds. The molecule has 1 aromatic carbocycles. The molecule has 9 heteroatoms. The van der Waals surface area contributed by atoms with Gasteiger partial charge >= 0.3 is 0 Å². The number of hydrogen-bond donors (Lipinski definition) is 2. The van der Waals surface area contributed by atoms with E-state index in [2.05, 4.69) is 15.0 Å². The highest BCUT2D eigenvalue weighted by Gasteiger charge is 2.18. The van der Waals surface area contributed by atoms with E-state index in [0.29, 0.717) is 17.8 Å². The van der Waals surface area contributed by atoms with Gasteiger partial charge in [-0.05, 0) is 25.1 Å². The molecule has 1 heterocycles. The van der Waals surface area contributed by atoms with Gasteiger partial charge in [0.15, 0.2) is 8.68 Å². The first-order valence-corrected chi connectivity index (χ1v) is 8.62. The second-order valence-electron chi connectivity index (χ2n) is 3.98. The number of halogens is 1. The molecule has 0 saturated heterocycles. The van der Waals surface area contributed by atoms with Crippen LogP contribution < -0.4 is 10.0 Å². The standard InChI is InChI=1S/C12H12ClN3O3S2/c1-2-14-11(17)8-4-3-5-9(6-8)16-21(18,19)10-7-15-12(13)20-10/h3-7,16H,2H2,1H3,(H,14,17). The third-order valence-corrected chi connectivity index (χ3v) is 5.39. The molecule has 6 nitrogen and oxygen atoms in total. The molecule has 21 heavy (non-hydrogen) atoms. The molecule has 0 aliphatic rings. The quantitative estimate of drug-likeness (QED) is 0.870. The maximum atomic E-state index is 12.1. The Bertz CT molecular complexity index is 759. The maximum absolute atomic E-state index is 12.1. The summed E-state index contributed by atoms with van der Waals surface area (Å²) in [6, 6.07) is 6.22. The summed E-state index contributed by atoms with van der Waals surface area (Å²) in [5.41, 5.74) is 0.669. The minimum atomic E-state index is -3.76. The minimum absolute atomic E-state index is 0.0101. The van der Waals surface area contributed by atoms with Crippen LogP contribution in [0.4, 0.5) is 5.69 Å². The maximum Gasteiger partial charge on any atom is 0.273 e. The fourth-order valence-corrected chi connectivity index (χ4v) is 3.90. The number of hydrogen-bond acceptors (Lipinski definition) is 5. The molecule has 0 fully saturated rings. The van der Waals surface area contributed by atoms with Crippen LogP contribution in [0.1, 0.15) is 17.3 Å². The molecule has 0 aliphatic carbocycles. The Hall–Kier alpha value is -1.64. The molecule has 1 aromatic heterocycles. The van der Waals surface area contributed by atoms with E-state index in [4.69, 9.17) is 11.6 Å². The van der Waals surface area contributed by atoms with E-state index in [-0.39, 0.29) is 14.6 Å². The van der Waals surface area contributed by atoms with Crippen molar-refractivity contribution in [2.24, 2.45) is 0 Å². The fraction of sp³-hybridized carbons (Fsp3) is 0.167. The van der Waals surface area contributed by atoms with Gasteiger partial charge in [-0.25, -0.2) is 13.4 Å². The van der Waals surface area contributed by atoms with Crippen LogP contribution >= 0.6 is 22.9 Å². The lowest BCUT2D eigenvalue weighted by Gasteiger charge is -2.08. The monoisotopic (exact) mass is 345 g/mol. The van der Waals surface area contributed by atoms with Crippen molar-refractivity contribution in [1.29, 1.82) is 0 Å². The molecular weight excluding hydrogens is 334 g/mol. The molecule has 0 saturated carbocycles. The Morgan fingerprint density at radius 1 is 1.43 bits per heavy atom. The lowest BCUT2D eigenvalue weighted by Crippen LogP contribution is -2.22. The largest absolute Gasteiger partial charge is 0.352 e. The number of anilines is 1. The fourth-order valence-electron chi connectivity index (χ4n) is 1.56. The minimum Gasteiger partial charge on any atom is -0.352 e. The number of sulfonamides is 1. The zero-order valence-corrected chi connectivity index (χ0v) is 13.3. The SMILES string of the molecule is CCNC(=O)c1cccc(NS(=O)(=O)c2cnc(Cl)s2)c1. The van der Waals surface area contributed by atoms with E-state index >= 15 is 0 Å². The van der Waals surface area contributed by atoms with Crippen molar-refractivity contribution in [3.63, 3.8) is 0 Å². The summed E-state index contributed by atoms with van der Waals surface area (Å²) in [4.78, 5) is 15.4. The predicted molar refractivity (Wildman–Crippen MR) is 82.4 cm³/mol. The van der Waals surface area contributed by atoms with Gasteiger partial charge in [0.1, 0.15) is 0 Å². The first-order valence-electron chi connectivity index (χ1n) is 5.95. The van der Waals surface area contributed by atoms with Gasteiger partial charge in [0.05, 0.1) is 6.20 Å². The van der Waals surface area contributed by atoms with Crippen molar-refractivity contribution in [2.45, 2.75) is 11.1 Å². The summed E-state index contributed by atoms with van der Waals surface area (Å²) in [7, 11) is -3.76. The summed E-state index contributed by atoms with van der Waals surface area (Å²) in [6.07, 6.45) is 1.18. The van der Waals surface area contributed by atoms with Crippen LogP contribution in [0, 0.1) is 0 Å². The van der Waals surface area contributed by atoms with E-state index in [1.165, 1.54) is 12.3 Å². The van der Waals surface area contributed by atoms with Gasteiger partial charge in [0.2, 0.25) is 0 Å². The zero-order valence-electron chi connectivity index (χ0n) is 11.0. The number of amides is 1. The molecule has 2 aromatic rings. The lowest BCUT2D eigenvalue weighted by atomic mass is 10.2. The van der Waals surface area contributed by atoms with Gasteiger partial charge in [-0.2, -0.15) is 0 Å². The van der Waals surface area contributed by atoms with Crippen molar-refractivity contribution in [3.8, 4) is 0 Å². The molecular formula is C12H12ClN3O3S2. The van der Waals surface area contributed by atoms with Crippen LogP contribution in [-0.4, -0.2) is 25.9 Å². The number of rotatable bonds is 5. The van der Waals surface area contributed by atoms with Crippen molar-refractivity contribution in [1.82, 2.24) is 10.3 Å². The van der Waals surface area contributed by atoms with Gasteiger partial charge in [0, 0.05) is 17.8 Å². The van der Waals surface area contributed by atoms with E-state index in [1.54, 1.807) is 25.1 Å². The van der Waals surface area contributed by atoms with E-state index < -0.39 is 10.0 Å². The van der Waals surface area contributed by atoms with Gasteiger partial charge in [-0.15, -0.1) is 0 Å². The average Bonchev–Trinajstić information content (AvgIpc) is 2.86. The third-order valence-electron chi connectivity index (χ3n) is 2.44. The molecule has 0 unspecified atom stereocenters. The van der Waals surface area contributed by atoms with Gasteiger partial charge in [-0.1, -0.05) is 29.0 Å². The van der Waals surface area contributed by atoms with Crippen molar-refractivity contribution < 1.29 is 13.2 Å². The Kier molecular flexibility index (Phi) is 4.81.